The number of rotatable bonds is 9. The molecule has 0 aliphatic heterocycles. The largest absolute Gasteiger partial charge is 0.481 e. The molecule has 0 heterocycles. The van der Waals surface area contributed by atoms with Crippen LogP contribution < -0.4 is 16.4 Å². The molecule has 0 spiro atoms. The zero-order valence-corrected chi connectivity index (χ0v) is 12.8. The third kappa shape index (κ3) is 6.44. The van der Waals surface area contributed by atoms with Crippen molar-refractivity contribution in [3.63, 3.8) is 0 Å². The second-order valence-corrected chi connectivity index (χ2v) is 5.01. The first-order chi connectivity index (χ1) is 11.3. The second kappa shape index (κ2) is 9.26. The third-order valence-electron chi connectivity index (χ3n) is 3.11. The molecule has 1 rings (SSSR count). The number of carbonyl (C=O) groups excluding carboxylic acids is 2. The van der Waals surface area contributed by atoms with Gasteiger partial charge in [-0.15, -0.1) is 0 Å². The van der Waals surface area contributed by atoms with E-state index in [1.807, 2.05) is 0 Å². The van der Waals surface area contributed by atoms with Crippen LogP contribution >= 0.6 is 0 Å². The molecule has 0 aliphatic carbocycles. The van der Waals surface area contributed by atoms with Crippen LogP contribution in [-0.2, 0) is 25.6 Å². The van der Waals surface area contributed by atoms with Crippen LogP contribution in [0.4, 0.5) is 0 Å². The Hall–Kier alpha value is -2.94. The number of nitrogens with two attached hydrogens (primary N) is 1. The zero-order chi connectivity index (χ0) is 18.1. The molecule has 1 aromatic rings. The minimum absolute atomic E-state index is 0.109. The number of hydrogen-bond donors (Lipinski definition) is 5. The lowest BCUT2D eigenvalue weighted by molar-refractivity contribution is -0.147. The van der Waals surface area contributed by atoms with Gasteiger partial charge in [-0.05, 0) is 5.56 Å². The van der Waals surface area contributed by atoms with Crippen molar-refractivity contribution in [2.75, 3.05) is 6.54 Å². The van der Waals surface area contributed by atoms with Crippen molar-refractivity contribution >= 4 is 23.8 Å². The maximum atomic E-state index is 12.3. The number of carboxylic acids is 2. The first-order valence-corrected chi connectivity index (χ1v) is 7.11. The van der Waals surface area contributed by atoms with E-state index in [0.717, 1.165) is 5.56 Å². The van der Waals surface area contributed by atoms with Crippen LogP contribution in [0.2, 0.25) is 0 Å². The normalized spacial score (nSPS) is 12.7. The van der Waals surface area contributed by atoms with Gasteiger partial charge in [-0.3, -0.25) is 14.4 Å². The number of carbonyl (C=O) groups is 4. The fourth-order valence-corrected chi connectivity index (χ4v) is 1.96. The molecule has 2 amide bonds. The molecule has 0 saturated carbocycles. The Bertz CT molecular complexity index is 604. The van der Waals surface area contributed by atoms with Crippen molar-refractivity contribution < 1.29 is 29.4 Å². The molecule has 6 N–H and O–H groups in total. The number of hydrogen-bond acceptors (Lipinski definition) is 5. The van der Waals surface area contributed by atoms with Crippen LogP contribution in [0.5, 0.6) is 0 Å². The van der Waals surface area contributed by atoms with E-state index in [1.54, 1.807) is 30.3 Å². The summed E-state index contributed by atoms with van der Waals surface area (Å²) in [7, 11) is 0. The quantitative estimate of drug-likeness (QED) is 0.375. The highest BCUT2D eigenvalue weighted by atomic mass is 16.4. The first kappa shape index (κ1) is 19.1. The molecule has 1 aromatic carbocycles. The maximum absolute atomic E-state index is 12.3. The van der Waals surface area contributed by atoms with Crippen molar-refractivity contribution in [1.82, 2.24) is 10.6 Å². The standard InChI is InChI=1S/C15H19N3O6/c16-8-12(19)17-10(6-9-4-2-1-3-5-9)14(22)18-11(15(23)24)7-13(20)21/h1-5,10-11H,6-8,16H2,(H,17,19)(H,18,22)(H,20,21)(H,23,24). The van der Waals surface area contributed by atoms with Gasteiger partial charge in [-0.2, -0.15) is 0 Å². The molecule has 0 aliphatic rings. The molecule has 0 fully saturated rings. The summed E-state index contributed by atoms with van der Waals surface area (Å²) in [5.41, 5.74) is 5.95. The van der Waals surface area contributed by atoms with E-state index in [4.69, 9.17) is 15.9 Å². The third-order valence-corrected chi connectivity index (χ3v) is 3.11. The van der Waals surface area contributed by atoms with Crippen molar-refractivity contribution in [3.8, 4) is 0 Å². The number of amides is 2. The summed E-state index contributed by atoms with van der Waals surface area (Å²) in [5, 5.41) is 22.2. The summed E-state index contributed by atoms with van der Waals surface area (Å²) >= 11 is 0. The molecule has 2 unspecified atom stereocenters. The smallest absolute Gasteiger partial charge is 0.326 e. The van der Waals surface area contributed by atoms with Crippen LogP contribution in [0.1, 0.15) is 12.0 Å². The monoisotopic (exact) mass is 337 g/mol. The van der Waals surface area contributed by atoms with Crippen LogP contribution in [0.25, 0.3) is 0 Å². The Morgan fingerprint density at radius 2 is 1.62 bits per heavy atom. The molecule has 0 saturated heterocycles. The van der Waals surface area contributed by atoms with Crippen molar-refractivity contribution in [2.24, 2.45) is 5.73 Å². The van der Waals surface area contributed by atoms with Crippen molar-refractivity contribution in [2.45, 2.75) is 24.9 Å². The van der Waals surface area contributed by atoms with E-state index in [-0.39, 0.29) is 13.0 Å². The molecule has 0 bridgehead atoms. The topological polar surface area (TPSA) is 159 Å². The van der Waals surface area contributed by atoms with Gasteiger partial charge >= 0.3 is 11.9 Å². The summed E-state index contributed by atoms with van der Waals surface area (Å²) in [5.74, 6) is -4.23. The Labute approximate surface area is 137 Å². The number of carboxylic acid groups (broad SMARTS) is 2. The minimum atomic E-state index is -1.59. The molecule has 0 radical (unpaired) electrons. The summed E-state index contributed by atoms with van der Waals surface area (Å²) < 4.78 is 0. The zero-order valence-electron chi connectivity index (χ0n) is 12.8. The minimum Gasteiger partial charge on any atom is -0.481 e. The van der Waals surface area contributed by atoms with Crippen molar-refractivity contribution in [1.29, 1.82) is 0 Å². The fourth-order valence-electron chi connectivity index (χ4n) is 1.96. The van der Waals surface area contributed by atoms with Gasteiger partial charge < -0.3 is 26.6 Å². The van der Waals surface area contributed by atoms with E-state index in [0.29, 0.717) is 0 Å². The predicted molar refractivity (Wildman–Crippen MR) is 83.0 cm³/mol. The highest BCUT2D eigenvalue weighted by Gasteiger charge is 2.28. The average molecular weight is 337 g/mol. The molecular weight excluding hydrogens is 318 g/mol. The van der Waals surface area contributed by atoms with Gasteiger partial charge in [0.2, 0.25) is 11.8 Å². The van der Waals surface area contributed by atoms with Gasteiger partial charge in [0.15, 0.2) is 0 Å². The highest BCUT2D eigenvalue weighted by Crippen LogP contribution is 2.04. The van der Waals surface area contributed by atoms with Gasteiger partial charge in [0.05, 0.1) is 13.0 Å². The molecule has 9 nitrogen and oxygen atoms in total. The Balaban J connectivity index is 2.87. The lowest BCUT2D eigenvalue weighted by Crippen LogP contribution is -2.53. The molecule has 130 valence electrons. The second-order valence-electron chi connectivity index (χ2n) is 5.01. The summed E-state index contributed by atoms with van der Waals surface area (Å²) in [6.45, 7) is -0.337. The van der Waals surface area contributed by atoms with E-state index < -0.39 is 42.3 Å². The molecule has 0 aromatic heterocycles. The molecular formula is C15H19N3O6. The van der Waals surface area contributed by atoms with Gasteiger partial charge in [0.25, 0.3) is 0 Å². The van der Waals surface area contributed by atoms with Crippen LogP contribution in [0.15, 0.2) is 30.3 Å². The molecule has 24 heavy (non-hydrogen) atoms. The summed E-state index contributed by atoms with van der Waals surface area (Å²) in [6, 6.07) is 6.09. The molecule has 2 atom stereocenters. The first-order valence-electron chi connectivity index (χ1n) is 7.11. The average Bonchev–Trinajstić information content (AvgIpc) is 2.53. The number of nitrogens with one attached hydrogen (secondary N) is 2. The van der Waals surface area contributed by atoms with E-state index in [1.165, 1.54) is 0 Å². The predicted octanol–water partition coefficient (Wildman–Crippen LogP) is -1.28. The Morgan fingerprint density at radius 3 is 2.12 bits per heavy atom. The van der Waals surface area contributed by atoms with Gasteiger partial charge in [0, 0.05) is 6.42 Å². The highest BCUT2D eigenvalue weighted by molar-refractivity contribution is 5.92. The van der Waals surface area contributed by atoms with Gasteiger partial charge in [0.1, 0.15) is 12.1 Å². The molecule has 9 heteroatoms. The van der Waals surface area contributed by atoms with Crippen molar-refractivity contribution in [3.05, 3.63) is 35.9 Å². The van der Waals surface area contributed by atoms with Gasteiger partial charge in [-0.25, -0.2) is 4.79 Å². The summed E-state index contributed by atoms with van der Waals surface area (Å²) in [6.07, 6.45) is -0.665. The van der Waals surface area contributed by atoms with Crippen LogP contribution in [0.3, 0.4) is 0 Å². The SMILES string of the molecule is NCC(=O)NC(Cc1ccccc1)C(=O)NC(CC(=O)O)C(=O)O. The Kier molecular flexibility index (Phi) is 7.37. The van der Waals surface area contributed by atoms with Gasteiger partial charge in [-0.1, -0.05) is 30.3 Å². The van der Waals surface area contributed by atoms with Crippen LogP contribution in [0, 0.1) is 0 Å². The van der Waals surface area contributed by atoms with E-state index in [2.05, 4.69) is 10.6 Å². The maximum Gasteiger partial charge on any atom is 0.326 e. The van der Waals surface area contributed by atoms with E-state index >= 15 is 0 Å². The summed E-state index contributed by atoms with van der Waals surface area (Å²) in [4.78, 5) is 45.5. The fraction of sp³-hybridized carbons (Fsp3) is 0.333. The number of benzene rings is 1. The lowest BCUT2D eigenvalue weighted by Gasteiger charge is -2.20. The lowest BCUT2D eigenvalue weighted by atomic mass is 10.0. The van der Waals surface area contributed by atoms with Crippen LogP contribution in [-0.4, -0.2) is 52.6 Å². The number of aliphatic carboxylic acids is 2. The van der Waals surface area contributed by atoms with E-state index in [9.17, 15) is 19.2 Å². The Morgan fingerprint density at radius 1 is 1.00 bits per heavy atom.